The van der Waals surface area contributed by atoms with Crippen molar-refractivity contribution in [1.82, 2.24) is 4.98 Å². The van der Waals surface area contributed by atoms with E-state index in [9.17, 15) is 14.0 Å². The molecule has 0 saturated carbocycles. The number of hydrogen-bond donors (Lipinski definition) is 0. The SMILES string of the molecule is CC(C)(C)c1ccc(C2c3c(oc4ccc(F)cc4c3=O)C(=O)N2c2nccs2)cc1. The Bertz CT molecular complexity index is 1370. The fraction of sp³-hybridized carbons (Fsp3) is 0.208. The summed E-state index contributed by atoms with van der Waals surface area (Å²) in [6.07, 6.45) is 1.61. The Kier molecular flexibility index (Phi) is 4.34. The summed E-state index contributed by atoms with van der Waals surface area (Å²) in [6.45, 7) is 6.36. The molecule has 2 aromatic heterocycles. The molecule has 31 heavy (non-hydrogen) atoms. The number of fused-ring (bicyclic) bond motifs is 2. The average Bonchev–Trinajstić information content (AvgIpc) is 3.35. The van der Waals surface area contributed by atoms with E-state index in [0.717, 1.165) is 17.2 Å². The molecule has 5 rings (SSSR count). The largest absolute Gasteiger partial charge is 0.450 e. The first kappa shape index (κ1) is 19.6. The van der Waals surface area contributed by atoms with Crippen LogP contribution in [0.1, 0.15) is 54.1 Å². The van der Waals surface area contributed by atoms with E-state index in [4.69, 9.17) is 4.42 Å². The number of nitrogens with zero attached hydrogens (tertiary/aromatic N) is 2. The lowest BCUT2D eigenvalue weighted by molar-refractivity contribution is 0.0971. The second kappa shape index (κ2) is 6.85. The molecule has 0 bridgehead atoms. The van der Waals surface area contributed by atoms with Crippen LogP contribution >= 0.6 is 11.3 Å². The zero-order valence-corrected chi connectivity index (χ0v) is 18.0. The molecule has 0 aliphatic carbocycles. The quantitative estimate of drug-likeness (QED) is 0.422. The number of halogens is 1. The highest BCUT2D eigenvalue weighted by atomic mass is 32.1. The summed E-state index contributed by atoms with van der Waals surface area (Å²) in [5.74, 6) is -0.991. The molecule has 1 aliphatic rings. The highest BCUT2D eigenvalue weighted by molar-refractivity contribution is 7.13. The van der Waals surface area contributed by atoms with Gasteiger partial charge in [0.15, 0.2) is 10.6 Å². The van der Waals surface area contributed by atoms with E-state index in [1.54, 1.807) is 11.6 Å². The zero-order valence-electron chi connectivity index (χ0n) is 17.2. The van der Waals surface area contributed by atoms with Gasteiger partial charge < -0.3 is 4.42 Å². The number of benzene rings is 2. The molecule has 0 N–H and O–H groups in total. The Hall–Kier alpha value is -3.32. The maximum absolute atomic E-state index is 13.9. The van der Waals surface area contributed by atoms with Crippen LogP contribution in [0.4, 0.5) is 9.52 Å². The molecule has 1 amide bonds. The lowest BCUT2D eigenvalue weighted by Crippen LogP contribution is -2.29. The van der Waals surface area contributed by atoms with Crippen molar-refractivity contribution in [2.75, 3.05) is 4.90 Å². The number of carbonyl (C=O) groups excluding carboxylic acids is 1. The van der Waals surface area contributed by atoms with Crippen LogP contribution in [-0.4, -0.2) is 10.9 Å². The maximum Gasteiger partial charge on any atom is 0.297 e. The number of rotatable bonds is 2. The Morgan fingerprint density at radius 1 is 1.10 bits per heavy atom. The first-order valence-corrected chi connectivity index (χ1v) is 10.7. The molecule has 4 aromatic rings. The minimum absolute atomic E-state index is 0.0239. The minimum atomic E-state index is -0.702. The number of amides is 1. The van der Waals surface area contributed by atoms with Gasteiger partial charge in [-0.15, -0.1) is 11.3 Å². The summed E-state index contributed by atoms with van der Waals surface area (Å²) in [5, 5.41) is 2.35. The van der Waals surface area contributed by atoms with E-state index in [2.05, 4.69) is 25.8 Å². The van der Waals surface area contributed by atoms with Gasteiger partial charge in [0.05, 0.1) is 17.0 Å². The third kappa shape index (κ3) is 3.08. The second-order valence-corrected chi connectivity index (χ2v) is 9.45. The van der Waals surface area contributed by atoms with E-state index in [1.165, 1.54) is 28.4 Å². The molecule has 7 heteroatoms. The van der Waals surface area contributed by atoms with Crippen molar-refractivity contribution < 1.29 is 13.6 Å². The summed E-state index contributed by atoms with van der Waals surface area (Å²) < 4.78 is 19.7. The van der Waals surface area contributed by atoms with Gasteiger partial charge in [0.2, 0.25) is 5.76 Å². The van der Waals surface area contributed by atoms with E-state index >= 15 is 0 Å². The van der Waals surface area contributed by atoms with Crippen molar-refractivity contribution >= 4 is 33.3 Å². The smallest absolute Gasteiger partial charge is 0.297 e. The fourth-order valence-electron chi connectivity index (χ4n) is 3.96. The average molecular weight is 434 g/mol. The van der Waals surface area contributed by atoms with Crippen LogP contribution in [0.15, 0.2) is 63.3 Å². The van der Waals surface area contributed by atoms with Crippen LogP contribution < -0.4 is 10.3 Å². The van der Waals surface area contributed by atoms with Crippen LogP contribution in [0, 0.1) is 5.82 Å². The van der Waals surface area contributed by atoms with Gasteiger partial charge in [-0.1, -0.05) is 45.0 Å². The number of carbonyl (C=O) groups is 1. The zero-order chi connectivity index (χ0) is 21.9. The number of thiazole rings is 1. The monoisotopic (exact) mass is 434 g/mol. The summed E-state index contributed by atoms with van der Waals surface area (Å²) in [6, 6.07) is 10.9. The van der Waals surface area contributed by atoms with Crippen molar-refractivity contribution in [1.29, 1.82) is 0 Å². The van der Waals surface area contributed by atoms with Crippen molar-refractivity contribution in [3.8, 4) is 0 Å². The van der Waals surface area contributed by atoms with Gasteiger partial charge in [-0.3, -0.25) is 14.5 Å². The first-order valence-electron chi connectivity index (χ1n) is 9.85. The van der Waals surface area contributed by atoms with Gasteiger partial charge in [0, 0.05) is 11.6 Å². The van der Waals surface area contributed by atoms with Gasteiger partial charge in [-0.2, -0.15) is 0 Å². The highest BCUT2D eigenvalue weighted by Gasteiger charge is 2.44. The predicted molar refractivity (Wildman–Crippen MR) is 118 cm³/mol. The van der Waals surface area contributed by atoms with Crippen molar-refractivity contribution in [2.24, 2.45) is 0 Å². The molecule has 1 unspecified atom stereocenters. The van der Waals surface area contributed by atoms with Gasteiger partial charge in [0.25, 0.3) is 5.91 Å². The molecule has 5 nitrogen and oxygen atoms in total. The van der Waals surface area contributed by atoms with E-state index in [-0.39, 0.29) is 27.7 Å². The topological polar surface area (TPSA) is 63.4 Å². The third-order valence-electron chi connectivity index (χ3n) is 5.55. The fourth-order valence-corrected chi connectivity index (χ4v) is 4.63. The highest BCUT2D eigenvalue weighted by Crippen LogP contribution is 2.42. The molecular formula is C24H19FN2O3S. The summed E-state index contributed by atoms with van der Waals surface area (Å²) in [7, 11) is 0. The third-order valence-corrected chi connectivity index (χ3v) is 6.32. The van der Waals surface area contributed by atoms with Crippen molar-refractivity contribution in [2.45, 2.75) is 32.2 Å². The summed E-state index contributed by atoms with van der Waals surface area (Å²) >= 11 is 1.30. The minimum Gasteiger partial charge on any atom is -0.450 e. The lowest BCUT2D eigenvalue weighted by Gasteiger charge is -2.24. The normalized spacial score (nSPS) is 16.2. The predicted octanol–water partition coefficient (Wildman–Crippen LogP) is 5.44. The molecule has 0 fully saturated rings. The number of anilines is 1. The van der Waals surface area contributed by atoms with E-state index in [0.29, 0.717) is 5.13 Å². The molecule has 0 saturated heterocycles. The summed E-state index contributed by atoms with van der Waals surface area (Å²) in [4.78, 5) is 32.6. The molecular weight excluding hydrogens is 415 g/mol. The first-order chi connectivity index (χ1) is 14.8. The molecule has 0 spiro atoms. The lowest BCUT2D eigenvalue weighted by atomic mass is 9.86. The molecule has 1 aliphatic heterocycles. The van der Waals surface area contributed by atoms with Crippen molar-refractivity contribution in [3.05, 3.63) is 92.5 Å². The van der Waals surface area contributed by atoms with Gasteiger partial charge in [0.1, 0.15) is 11.4 Å². The maximum atomic E-state index is 13.9. The molecule has 2 aromatic carbocycles. The van der Waals surface area contributed by atoms with Gasteiger partial charge in [-0.05, 0) is 34.7 Å². The van der Waals surface area contributed by atoms with Crippen LogP contribution in [-0.2, 0) is 5.41 Å². The number of hydrogen-bond acceptors (Lipinski definition) is 5. The van der Waals surface area contributed by atoms with Gasteiger partial charge >= 0.3 is 0 Å². The van der Waals surface area contributed by atoms with Crippen LogP contribution in [0.5, 0.6) is 0 Å². The van der Waals surface area contributed by atoms with Crippen LogP contribution in [0.2, 0.25) is 0 Å². The van der Waals surface area contributed by atoms with E-state index < -0.39 is 23.2 Å². The molecule has 156 valence electrons. The Morgan fingerprint density at radius 2 is 1.84 bits per heavy atom. The number of aromatic nitrogens is 1. The molecule has 1 atom stereocenters. The Labute approximate surface area is 181 Å². The second-order valence-electron chi connectivity index (χ2n) is 8.58. The van der Waals surface area contributed by atoms with E-state index in [1.807, 2.05) is 24.3 Å². The van der Waals surface area contributed by atoms with Gasteiger partial charge in [-0.25, -0.2) is 9.37 Å². The molecule has 3 heterocycles. The Morgan fingerprint density at radius 3 is 2.48 bits per heavy atom. The summed E-state index contributed by atoms with van der Waals surface area (Å²) in [5.41, 5.74) is 1.84. The van der Waals surface area contributed by atoms with Crippen LogP contribution in [0.25, 0.3) is 11.0 Å². The molecule has 0 radical (unpaired) electrons. The Balaban J connectivity index is 1.77. The van der Waals surface area contributed by atoms with Crippen molar-refractivity contribution in [3.63, 3.8) is 0 Å². The van der Waals surface area contributed by atoms with Crippen LogP contribution in [0.3, 0.4) is 0 Å². The standard InChI is InChI=1S/C24H19FN2O3S/c1-24(2,3)14-6-4-13(5-7-14)19-18-20(28)16-12-15(25)8-9-17(16)30-21(18)22(29)27(19)23-26-10-11-31-23/h4-12,19H,1-3H3.